The van der Waals surface area contributed by atoms with Crippen molar-refractivity contribution in [1.29, 1.82) is 10.7 Å². The Labute approximate surface area is 142 Å². The van der Waals surface area contributed by atoms with Gasteiger partial charge in [0.15, 0.2) is 0 Å². The zero-order valence-electron chi connectivity index (χ0n) is 12.7. The first-order valence-electron chi connectivity index (χ1n) is 7.35. The molecule has 3 rings (SSSR count). The van der Waals surface area contributed by atoms with Crippen LogP contribution < -0.4 is 10.6 Å². The van der Waals surface area contributed by atoms with Gasteiger partial charge in [-0.1, -0.05) is 12.1 Å². The van der Waals surface area contributed by atoms with Crippen molar-refractivity contribution < 1.29 is 9.90 Å². The number of carboxylic acid groups (broad SMARTS) is 1. The van der Waals surface area contributed by atoms with E-state index in [0.717, 1.165) is 35.4 Å². The fourth-order valence-corrected chi connectivity index (χ4v) is 4.05. The summed E-state index contributed by atoms with van der Waals surface area (Å²) in [4.78, 5) is 17.3. The minimum atomic E-state index is -1.31. The first-order chi connectivity index (χ1) is 11.5. The predicted molar refractivity (Wildman–Crippen MR) is 90.5 cm³/mol. The van der Waals surface area contributed by atoms with Gasteiger partial charge in [0.25, 0.3) is 0 Å². The Bertz CT molecular complexity index is 823. The maximum absolute atomic E-state index is 11.2. The van der Waals surface area contributed by atoms with E-state index in [4.69, 9.17) is 16.4 Å². The van der Waals surface area contributed by atoms with Crippen molar-refractivity contribution in [3.8, 4) is 6.07 Å². The summed E-state index contributed by atoms with van der Waals surface area (Å²) >= 11 is 1.27. The van der Waals surface area contributed by atoms with E-state index >= 15 is 0 Å². The first-order valence-corrected chi connectivity index (χ1v) is 8.17. The van der Waals surface area contributed by atoms with Gasteiger partial charge in [-0.2, -0.15) is 10.2 Å². The molecule has 1 aromatic heterocycles. The Morgan fingerprint density at radius 2 is 2.17 bits per heavy atom. The van der Waals surface area contributed by atoms with Gasteiger partial charge in [-0.05, 0) is 42.9 Å². The monoisotopic (exact) mass is 341 g/mol. The normalized spacial score (nSPS) is 16.0. The molecular formula is C16H15N5O2S. The number of rotatable bonds is 2. The highest BCUT2D eigenvalue weighted by Gasteiger charge is 2.28. The van der Waals surface area contributed by atoms with Gasteiger partial charge in [0, 0.05) is 4.88 Å². The second kappa shape index (κ2) is 6.29. The number of anilines is 1. The van der Waals surface area contributed by atoms with Crippen LogP contribution in [0.3, 0.4) is 0 Å². The van der Waals surface area contributed by atoms with Crippen LogP contribution in [0.1, 0.15) is 34.0 Å². The average Bonchev–Trinajstić information content (AvgIpc) is 2.96. The van der Waals surface area contributed by atoms with Gasteiger partial charge in [0.05, 0.1) is 17.3 Å². The van der Waals surface area contributed by atoms with Gasteiger partial charge < -0.3 is 10.8 Å². The summed E-state index contributed by atoms with van der Waals surface area (Å²) in [5.74, 6) is -0.244. The van der Waals surface area contributed by atoms with E-state index in [1.807, 2.05) is 24.3 Å². The van der Waals surface area contributed by atoms with E-state index in [0.29, 0.717) is 16.4 Å². The maximum atomic E-state index is 11.2. The number of aromatic nitrogens is 1. The summed E-state index contributed by atoms with van der Waals surface area (Å²) < 4.78 is 0. The third-order valence-corrected chi connectivity index (χ3v) is 5.17. The molecule has 24 heavy (non-hydrogen) atoms. The lowest BCUT2D eigenvalue weighted by atomic mass is 9.85. The average molecular weight is 341 g/mol. The Morgan fingerprint density at radius 3 is 2.75 bits per heavy atom. The zero-order valence-corrected chi connectivity index (χ0v) is 13.5. The molecule has 0 saturated carbocycles. The Morgan fingerprint density at radius 1 is 1.46 bits per heavy atom. The summed E-state index contributed by atoms with van der Waals surface area (Å²) in [6.07, 6.45) is 1.12. The quantitative estimate of drug-likeness (QED) is 0.571. The third kappa shape index (κ3) is 2.94. The fraction of sp³-hybridized carbons (Fsp3) is 0.250. The molecule has 0 radical (unpaired) electrons. The highest BCUT2D eigenvalue weighted by atomic mass is 32.1. The number of fused-ring (bicyclic) bond motifs is 1. The molecule has 1 heterocycles. The van der Waals surface area contributed by atoms with E-state index in [9.17, 15) is 9.90 Å². The van der Waals surface area contributed by atoms with Crippen molar-refractivity contribution in [2.45, 2.75) is 25.2 Å². The van der Waals surface area contributed by atoms with Gasteiger partial charge in [-0.3, -0.25) is 5.41 Å². The molecule has 0 saturated heterocycles. The van der Waals surface area contributed by atoms with Crippen LogP contribution in [0.25, 0.3) is 0 Å². The highest BCUT2D eigenvalue weighted by Crippen LogP contribution is 2.38. The largest absolute Gasteiger partial charge is 0.464 e. The molecule has 1 aliphatic carbocycles. The van der Waals surface area contributed by atoms with Gasteiger partial charge in [-0.15, -0.1) is 11.3 Å². The van der Waals surface area contributed by atoms with Crippen LogP contribution in [0.15, 0.2) is 24.3 Å². The second-order valence-corrected chi connectivity index (χ2v) is 6.61. The molecule has 0 fully saturated rings. The van der Waals surface area contributed by atoms with Crippen LogP contribution in [0.5, 0.6) is 0 Å². The molecule has 0 spiro atoms. The number of guanidine groups is 1. The second-order valence-electron chi connectivity index (χ2n) is 5.54. The van der Waals surface area contributed by atoms with Crippen LogP contribution in [0, 0.1) is 16.7 Å². The summed E-state index contributed by atoms with van der Waals surface area (Å²) in [5.41, 5.74) is 8.02. The number of carbonyl (C=O) groups is 1. The number of nitrogens with one attached hydrogen (secondary N) is 1. The summed E-state index contributed by atoms with van der Waals surface area (Å²) in [6.45, 7) is 0. The van der Waals surface area contributed by atoms with Crippen molar-refractivity contribution in [2.24, 2.45) is 5.73 Å². The molecule has 1 atom stereocenters. The maximum Gasteiger partial charge on any atom is 0.420 e. The molecule has 2 aromatic rings. The number of amides is 1. The smallest absolute Gasteiger partial charge is 0.420 e. The molecule has 122 valence electrons. The fourth-order valence-electron chi connectivity index (χ4n) is 2.86. The number of hydrogen-bond acceptors (Lipinski definition) is 5. The van der Waals surface area contributed by atoms with E-state index < -0.39 is 12.1 Å². The van der Waals surface area contributed by atoms with Gasteiger partial charge in [0.1, 0.15) is 0 Å². The van der Waals surface area contributed by atoms with E-state index in [1.54, 1.807) is 0 Å². The Hall–Kier alpha value is -2.92. The molecule has 7 nitrogen and oxygen atoms in total. The van der Waals surface area contributed by atoms with E-state index in [1.165, 1.54) is 11.3 Å². The number of aryl methyl sites for hydroxylation is 1. The van der Waals surface area contributed by atoms with Crippen LogP contribution in [0.4, 0.5) is 9.93 Å². The van der Waals surface area contributed by atoms with Gasteiger partial charge >= 0.3 is 6.09 Å². The summed E-state index contributed by atoms with van der Waals surface area (Å²) in [5, 5.41) is 25.7. The number of nitrogens with two attached hydrogens (primary N) is 1. The van der Waals surface area contributed by atoms with Crippen LogP contribution >= 0.6 is 11.3 Å². The van der Waals surface area contributed by atoms with Crippen molar-refractivity contribution in [1.82, 2.24) is 4.98 Å². The highest BCUT2D eigenvalue weighted by molar-refractivity contribution is 7.16. The minimum Gasteiger partial charge on any atom is -0.464 e. The van der Waals surface area contributed by atoms with Crippen LogP contribution in [-0.2, 0) is 12.8 Å². The molecule has 0 aliphatic heterocycles. The molecule has 1 aromatic carbocycles. The minimum absolute atomic E-state index is 0.223. The number of thiazole rings is 1. The standard InChI is InChI=1S/C16H15N5O2S/c17-8-9-1-3-10(4-2-9)11-5-6-12-13(7-11)24-15(20-12)21(14(18)19)16(22)23/h1-4,11H,5-7H2,(H3,18,19)(H,22,23). The molecule has 0 bridgehead atoms. The van der Waals surface area contributed by atoms with Crippen molar-refractivity contribution in [3.05, 3.63) is 46.0 Å². The van der Waals surface area contributed by atoms with Crippen molar-refractivity contribution in [2.75, 3.05) is 4.90 Å². The lowest BCUT2D eigenvalue weighted by Gasteiger charge is -2.21. The number of nitrogens with zero attached hydrogens (tertiary/aromatic N) is 3. The molecule has 4 N–H and O–H groups in total. The number of nitriles is 1. The topological polar surface area (TPSA) is 127 Å². The molecule has 1 aliphatic rings. The third-order valence-electron chi connectivity index (χ3n) is 4.06. The zero-order chi connectivity index (χ0) is 17.3. The van der Waals surface area contributed by atoms with Crippen molar-refractivity contribution >= 4 is 28.5 Å². The number of hydrogen-bond donors (Lipinski definition) is 3. The lowest BCUT2D eigenvalue weighted by molar-refractivity contribution is 0.205. The van der Waals surface area contributed by atoms with Crippen LogP contribution in [0.2, 0.25) is 0 Å². The predicted octanol–water partition coefficient (Wildman–Crippen LogP) is 2.67. The Kier molecular flexibility index (Phi) is 4.18. The van der Waals surface area contributed by atoms with Gasteiger partial charge in [-0.25, -0.2) is 9.78 Å². The molecular weight excluding hydrogens is 326 g/mol. The summed E-state index contributed by atoms with van der Waals surface area (Å²) in [6, 6.07) is 9.66. The molecule has 8 heteroatoms. The molecule has 1 amide bonds. The summed E-state index contributed by atoms with van der Waals surface area (Å²) in [7, 11) is 0. The van der Waals surface area contributed by atoms with Crippen molar-refractivity contribution in [3.63, 3.8) is 0 Å². The first kappa shape index (κ1) is 16.0. The molecule has 1 unspecified atom stereocenters. The van der Waals surface area contributed by atoms with Gasteiger partial charge in [0.2, 0.25) is 11.1 Å². The van der Waals surface area contributed by atoms with E-state index in [-0.39, 0.29) is 5.13 Å². The lowest BCUT2D eigenvalue weighted by Crippen LogP contribution is -2.40. The SMILES string of the molecule is N#Cc1ccc(C2CCc3nc(N(C(=N)N)C(=O)O)sc3C2)cc1. The Balaban J connectivity index is 1.84. The van der Waals surface area contributed by atoms with Crippen LogP contribution in [-0.4, -0.2) is 22.1 Å². The number of benzene rings is 1. The van der Waals surface area contributed by atoms with E-state index in [2.05, 4.69) is 11.1 Å².